The fourth-order valence-electron chi connectivity index (χ4n) is 2.64. The van der Waals surface area contributed by atoms with Crippen LogP contribution in [0.5, 0.6) is 0 Å². The Morgan fingerprint density at radius 2 is 2.39 bits per heavy atom. The van der Waals surface area contributed by atoms with E-state index < -0.39 is 0 Å². The first-order valence-electron chi connectivity index (χ1n) is 6.81. The van der Waals surface area contributed by atoms with Gasteiger partial charge >= 0.3 is 0 Å². The second-order valence-electron chi connectivity index (χ2n) is 5.00. The highest BCUT2D eigenvalue weighted by atomic mass is 16.3. The highest BCUT2D eigenvalue weighted by Crippen LogP contribution is 2.21. The van der Waals surface area contributed by atoms with E-state index in [2.05, 4.69) is 6.92 Å². The lowest BCUT2D eigenvalue weighted by atomic mass is 10.1. The summed E-state index contributed by atoms with van der Waals surface area (Å²) in [5.41, 5.74) is 0.793. The molecule has 18 heavy (non-hydrogen) atoms. The lowest BCUT2D eigenvalue weighted by Crippen LogP contribution is -2.30. The van der Waals surface area contributed by atoms with E-state index >= 15 is 0 Å². The molecule has 0 aliphatic carbocycles. The summed E-state index contributed by atoms with van der Waals surface area (Å²) in [4.78, 5) is 14.3. The molecule has 1 amide bonds. The number of rotatable bonds is 5. The minimum atomic E-state index is 0.133. The first-order chi connectivity index (χ1) is 8.76. The number of amides is 1. The van der Waals surface area contributed by atoms with E-state index in [0.717, 1.165) is 44.6 Å². The molecule has 0 spiro atoms. The molecule has 1 fully saturated rings. The molecule has 0 radical (unpaired) electrons. The Balaban J connectivity index is 2.01. The molecule has 4 nitrogen and oxygen atoms in total. The molecule has 0 aromatic carbocycles. The molecule has 1 aliphatic rings. The molecule has 0 bridgehead atoms. The van der Waals surface area contributed by atoms with E-state index in [4.69, 9.17) is 5.11 Å². The van der Waals surface area contributed by atoms with Gasteiger partial charge in [-0.1, -0.05) is 6.92 Å². The SMILES string of the molecule is CCCn1cccc1C(=O)N1CCC(CCO)C1. The van der Waals surface area contributed by atoms with Crippen LogP contribution in [0.4, 0.5) is 0 Å². The van der Waals surface area contributed by atoms with Gasteiger partial charge in [0.1, 0.15) is 5.69 Å². The Morgan fingerprint density at radius 1 is 1.56 bits per heavy atom. The van der Waals surface area contributed by atoms with Crippen molar-refractivity contribution in [1.29, 1.82) is 0 Å². The number of aryl methyl sites for hydroxylation is 1. The number of carbonyl (C=O) groups is 1. The Kier molecular flexibility index (Phi) is 4.42. The number of aromatic nitrogens is 1. The Morgan fingerprint density at radius 3 is 3.11 bits per heavy atom. The Hall–Kier alpha value is -1.29. The highest BCUT2D eigenvalue weighted by molar-refractivity contribution is 5.93. The molecule has 1 atom stereocenters. The Labute approximate surface area is 108 Å². The van der Waals surface area contributed by atoms with Crippen LogP contribution in [0.3, 0.4) is 0 Å². The molecule has 100 valence electrons. The zero-order valence-corrected chi connectivity index (χ0v) is 11.0. The second-order valence-corrected chi connectivity index (χ2v) is 5.00. The fourth-order valence-corrected chi connectivity index (χ4v) is 2.64. The minimum absolute atomic E-state index is 0.133. The summed E-state index contributed by atoms with van der Waals surface area (Å²) in [6.45, 7) is 4.83. The number of hydrogen-bond donors (Lipinski definition) is 1. The van der Waals surface area contributed by atoms with Crippen LogP contribution in [-0.2, 0) is 6.54 Å². The van der Waals surface area contributed by atoms with Crippen LogP contribution in [0.2, 0.25) is 0 Å². The molecule has 1 saturated heterocycles. The predicted molar refractivity (Wildman–Crippen MR) is 70.4 cm³/mol. The van der Waals surface area contributed by atoms with Gasteiger partial charge in [-0.25, -0.2) is 0 Å². The monoisotopic (exact) mass is 250 g/mol. The normalized spacial score (nSPS) is 19.4. The third-order valence-corrected chi connectivity index (χ3v) is 3.62. The third-order valence-electron chi connectivity index (χ3n) is 3.62. The average Bonchev–Trinajstić information content (AvgIpc) is 2.98. The van der Waals surface area contributed by atoms with Crippen molar-refractivity contribution in [3.8, 4) is 0 Å². The molecule has 0 saturated carbocycles. The molecule has 4 heteroatoms. The number of hydrogen-bond acceptors (Lipinski definition) is 2. The summed E-state index contributed by atoms with van der Waals surface area (Å²) < 4.78 is 2.03. The van der Waals surface area contributed by atoms with Crippen LogP contribution in [0.15, 0.2) is 18.3 Å². The molecule has 1 N–H and O–H groups in total. The summed E-state index contributed by atoms with van der Waals surface area (Å²) in [6, 6.07) is 3.83. The number of likely N-dealkylation sites (tertiary alicyclic amines) is 1. The van der Waals surface area contributed by atoms with Crippen molar-refractivity contribution >= 4 is 5.91 Å². The summed E-state index contributed by atoms with van der Waals surface area (Å²) in [6.07, 6.45) is 4.82. The van der Waals surface area contributed by atoms with E-state index in [1.165, 1.54) is 0 Å². The fraction of sp³-hybridized carbons (Fsp3) is 0.643. The Bertz CT molecular complexity index is 400. The first-order valence-corrected chi connectivity index (χ1v) is 6.81. The molecule has 2 rings (SSSR count). The molecule has 1 aromatic heterocycles. The van der Waals surface area contributed by atoms with Crippen molar-refractivity contribution < 1.29 is 9.90 Å². The summed E-state index contributed by atoms with van der Waals surface area (Å²) in [5.74, 6) is 0.599. The van der Waals surface area contributed by atoms with Crippen molar-refractivity contribution in [2.75, 3.05) is 19.7 Å². The molecular formula is C14H22N2O2. The topological polar surface area (TPSA) is 45.5 Å². The maximum atomic E-state index is 12.4. The van der Waals surface area contributed by atoms with Crippen LogP contribution in [-0.4, -0.2) is 40.2 Å². The third kappa shape index (κ3) is 2.75. The van der Waals surface area contributed by atoms with Crippen molar-refractivity contribution in [3.05, 3.63) is 24.0 Å². The van der Waals surface area contributed by atoms with Crippen LogP contribution in [0.25, 0.3) is 0 Å². The quantitative estimate of drug-likeness (QED) is 0.865. The molecule has 1 aliphatic heterocycles. The molecule has 1 aromatic rings. The van der Waals surface area contributed by atoms with Crippen LogP contribution >= 0.6 is 0 Å². The lowest BCUT2D eigenvalue weighted by Gasteiger charge is -2.17. The van der Waals surface area contributed by atoms with Gasteiger partial charge in [-0.3, -0.25) is 4.79 Å². The van der Waals surface area contributed by atoms with E-state index in [-0.39, 0.29) is 12.5 Å². The average molecular weight is 250 g/mol. The zero-order valence-electron chi connectivity index (χ0n) is 11.0. The van der Waals surface area contributed by atoms with Crippen LogP contribution in [0, 0.1) is 5.92 Å². The van der Waals surface area contributed by atoms with Gasteiger partial charge in [-0.2, -0.15) is 0 Å². The maximum absolute atomic E-state index is 12.4. The second kappa shape index (κ2) is 6.05. The van der Waals surface area contributed by atoms with E-state index in [0.29, 0.717) is 5.92 Å². The number of nitrogens with zero attached hydrogens (tertiary/aromatic N) is 2. The number of aliphatic hydroxyl groups excluding tert-OH is 1. The first kappa shape index (κ1) is 13.1. The van der Waals surface area contributed by atoms with Gasteiger partial charge in [-0.15, -0.1) is 0 Å². The van der Waals surface area contributed by atoms with E-state index in [1.54, 1.807) is 0 Å². The van der Waals surface area contributed by atoms with E-state index in [9.17, 15) is 4.79 Å². The van der Waals surface area contributed by atoms with Crippen molar-refractivity contribution in [3.63, 3.8) is 0 Å². The smallest absolute Gasteiger partial charge is 0.270 e. The van der Waals surface area contributed by atoms with Crippen molar-refractivity contribution in [1.82, 2.24) is 9.47 Å². The van der Waals surface area contributed by atoms with Gasteiger partial charge in [-0.05, 0) is 37.3 Å². The van der Waals surface area contributed by atoms with Gasteiger partial charge < -0.3 is 14.6 Å². The van der Waals surface area contributed by atoms with Gasteiger partial charge in [0.2, 0.25) is 0 Å². The summed E-state index contributed by atoms with van der Waals surface area (Å²) in [5, 5.41) is 8.94. The van der Waals surface area contributed by atoms with Crippen LogP contribution < -0.4 is 0 Å². The van der Waals surface area contributed by atoms with Gasteiger partial charge in [0, 0.05) is 32.4 Å². The summed E-state index contributed by atoms with van der Waals surface area (Å²) >= 11 is 0. The van der Waals surface area contributed by atoms with E-state index in [1.807, 2.05) is 27.8 Å². The molecular weight excluding hydrogens is 228 g/mol. The van der Waals surface area contributed by atoms with Crippen molar-refractivity contribution in [2.24, 2.45) is 5.92 Å². The largest absolute Gasteiger partial charge is 0.396 e. The predicted octanol–water partition coefficient (Wildman–Crippen LogP) is 1.74. The van der Waals surface area contributed by atoms with Crippen LogP contribution in [0.1, 0.15) is 36.7 Å². The number of aliphatic hydroxyl groups is 1. The zero-order chi connectivity index (χ0) is 13.0. The molecule has 1 unspecified atom stereocenters. The van der Waals surface area contributed by atoms with Gasteiger partial charge in [0.05, 0.1) is 0 Å². The minimum Gasteiger partial charge on any atom is -0.396 e. The summed E-state index contributed by atoms with van der Waals surface area (Å²) in [7, 11) is 0. The van der Waals surface area contributed by atoms with Gasteiger partial charge in [0.15, 0.2) is 0 Å². The van der Waals surface area contributed by atoms with Gasteiger partial charge in [0.25, 0.3) is 5.91 Å². The molecule has 2 heterocycles. The standard InChI is InChI=1S/C14H22N2O2/c1-2-7-15-8-3-4-13(15)14(18)16-9-5-12(11-16)6-10-17/h3-4,8,12,17H,2,5-7,9-11H2,1H3. The maximum Gasteiger partial charge on any atom is 0.270 e. The lowest BCUT2D eigenvalue weighted by molar-refractivity contribution is 0.0774. The van der Waals surface area contributed by atoms with Crippen molar-refractivity contribution in [2.45, 2.75) is 32.7 Å². The highest BCUT2D eigenvalue weighted by Gasteiger charge is 2.27. The number of carbonyl (C=O) groups excluding carboxylic acids is 1.